The average Bonchev–Trinajstić information content (AvgIpc) is 2.81. The van der Waals surface area contributed by atoms with Crippen molar-refractivity contribution in [1.82, 2.24) is 9.78 Å². The number of nitrogens with one attached hydrogen (secondary N) is 1. The predicted molar refractivity (Wildman–Crippen MR) is 64.0 cm³/mol. The third kappa shape index (κ3) is 2.41. The molecule has 1 N–H and O–H groups in total. The normalized spacial score (nSPS) is 10.2. The molecule has 0 amide bonds. The molecule has 0 atom stereocenters. The zero-order chi connectivity index (χ0) is 12.3. The standard InChI is InChI=1S/C11H12N4O2/c1-12-11-4-3-10(15(16)17)7-9(11)8-14-6-2-5-13-14/h2-7,12H,8H2,1H3. The molecule has 17 heavy (non-hydrogen) atoms. The van der Waals surface area contributed by atoms with Gasteiger partial charge in [-0.15, -0.1) is 0 Å². The molecule has 1 heterocycles. The highest BCUT2D eigenvalue weighted by molar-refractivity contribution is 5.55. The Labute approximate surface area is 98.0 Å². The van der Waals surface area contributed by atoms with E-state index in [1.165, 1.54) is 6.07 Å². The molecular formula is C11H12N4O2. The van der Waals surface area contributed by atoms with Crippen molar-refractivity contribution < 1.29 is 4.92 Å². The van der Waals surface area contributed by atoms with Crippen LogP contribution in [0.15, 0.2) is 36.7 Å². The Morgan fingerprint density at radius 2 is 2.35 bits per heavy atom. The molecular weight excluding hydrogens is 220 g/mol. The molecule has 0 saturated carbocycles. The third-order valence-electron chi connectivity index (χ3n) is 2.46. The fourth-order valence-electron chi connectivity index (χ4n) is 1.64. The van der Waals surface area contributed by atoms with E-state index in [1.54, 1.807) is 30.1 Å². The Bertz CT molecular complexity index is 522. The summed E-state index contributed by atoms with van der Waals surface area (Å²) in [5.41, 5.74) is 1.79. The van der Waals surface area contributed by atoms with E-state index >= 15 is 0 Å². The van der Waals surface area contributed by atoms with Gasteiger partial charge in [0.25, 0.3) is 5.69 Å². The van der Waals surface area contributed by atoms with E-state index in [1.807, 2.05) is 12.3 Å². The maximum absolute atomic E-state index is 10.7. The van der Waals surface area contributed by atoms with Crippen LogP contribution in [0.4, 0.5) is 11.4 Å². The van der Waals surface area contributed by atoms with Crippen molar-refractivity contribution in [2.24, 2.45) is 0 Å². The third-order valence-corrected chi connectivity index (χ3v) is 2.46. The molecule has 0 aliphatic carbocycles. The highest BCUT2D eigenvalue weighted by Crippen LogP contribution is 2.22. The van der Waals surface area contributed by atoms with Crippen LogP contribution in [-0.2, 0) is 6.54 Å². The number of hydrogen-bond acceptors (Lipinski definition) is 4. The van der Waals surface area contributed by atoms with Gasteiger partial charge in [0.1, 0.15) is 0 Å². The Balaban J connectivity index is 2.35. The van der Waals surface area contributed by atoms with Crippen LogP contribution in [0.5, 0.6) is 0 Å². The second-order valence-electron chi connectivity index (χ2n) is 3.55. The van der Waals surface area contributed by atoms with Crippen molar-refractivity contribution in [2.45, 2.75) is 6.54 Å². The molecule has 0 unspecified atom stereocenters. The zero-order valence-electron chi connectivity index (χ0n) is 9.33. The lowest BCUT2D eigenvalue weighted by atomic mass is 10.1. The number of nitro groups is 1. The number of benzene rings is 1. The number of hydrogen-bond donors (Lipinski definition) is 1. The van der Waals surface area contributed by atoms with E-state index in [0.29, 0.717) is 6.54 Å². The van der Waals surface area contributed by atoms with Gasteiger partial charge in [-0.05, 0) is 12.1 Å². The van der Waals surface area contributed by atoms with Gasteiger partial charge in [-0.2, -0.15) is 5.10 Å². The fourth-order valence-corrected chi connectivity index (χ4v) is 1.64. The summed E-state index contributed by atoms with van der Waals surface area (Å²) < 4.78 is 1.72. The van der Waals surface area contributed by atoms with Crippen LogP contribution in [0, 0.1) is 10.1 Å². The van der Waals surface area contributed by atoms with Gasteiger partial charge in [0.15, 0.2) is 0 Å². The van der Waals surface area contributed by atoms with Crippen LogP contribution >= 0.6 is 0 Å². The maximum atomic E-state index is 10.7. The summed E-state index contributed by atoms with van der Waals surface area (Å²) >= 11 is 0. The Morgan fingerprint density at radius 3 is 2.94 bits per heavy atom. The van der Waals surface area contributed by atoms with Crippen LogP contribution < -0.4 is 5.32 Å². The van der Waals surface area contributed by atoms with Crippen LogP contribution in [-0.4, -0.2) is 21.8 Å². The van der Waals surface area contributed by atoms with Crippen molar-refractivity contribution in [3.8, 4) is 0 Å². The van der Waals surface area contributed by atoms with Crippen LogP contribution in [0.3, 0.4) is 0 Å². The molecule has 0 fully saturated rings. The molecule has 6 heteroatoms. The van der Waals surface area contributed by atoms with Gasteiger partial charge >= 0.3 is 0 Å². The molecule has 0 aliphatic rings. The van der Waals surface area contributed by atoms with Crippen LogP contribution in [0.2, 0.25) is 0 Å². The van der Waals surface area contributed by atoms with Gasteiger partial charge < -0.3 is 5.32 Å². The summed E-state index contributed by atoms with van der Waals surface area (Å²) in [6.45, 7) is 0.505. The lowest BCUT2D eigenvalue weighted by Gasteiger charge is -2.08. The maximum Gasteiger partial charge on any atom is 0.269 e. The SMILES string of the molecule is CNc1ccc([N+](=O)[O-])cc1Cn1cccn1. The second-order valence-corrected chi connectivity index (χ2v) is 3.55. The summed E-state index contributed by atoms with van der Waals surface area (Å²) in [4.78, 5) is 10.3. The Morgan fingerprint density at radius 1 is 1.53 bits per heavy atom. The second kappa shape index (κ2) is 4.65. The highest BCUT2D eigenvalue weighted by atomic mass is 16.6. The van der Waals surface area contributed by atoms with Gasteiger partial charge in [-0.1, -0.05) is 0 Å². The first-order valence-electron chi connectivity index (χ1n) is 5.13. The quantitative estimate of drug-likeness (QED) is 0.645. The van der Waals surface area contributed by atoms with Crippen molar-refractivity contribution >= 4 is 11.4 Å². The largest absolute Gasteiger partial charge is 0.388 e. The van der Waals surface area contributed by atoms with E-state index in [9.17, 15) is 10.1 Å². The Kier molecular flexibility index (Phi) is 3.04. The molecule has 0 saturated heterocycles. The van der Waals surface area contributed by atoms with E-state index < -0.39 is 4.92 Å². The van der Waals surface area contributed by atoms with Crippen LogP contribution in [0.1, 0.15) is 5.56 Å². The van der Waals surface area contributed by atoms with Crippen molar-refractivity contribution in [3.05, 3.63) is 52.3 Å². The zero-order valence-corrected chi connectivity index (χ0v) is 9.33. The number of non-ortho nitro benzene ring substituents is 1. The molecule has 1 aromatic carbocycles. The lowest BCUT2D eigenvalue weighted by molar-refractivity contribution is -0.384. The summed E-state index contributed by atoms with van der Waals surface area (Å²) in [5.74, 6) is 0. The number of aromatic nitrogens is 2. The van der Waals surface area contributed by atoms with Gasteiger partial charge in [0.2, 0.25) is 0 Å². The monoisotopic (exact) mass is 232 g/mol. The molecule has 88 valence electrons. The topological polar surface area (TPSA) is 73.0 Å². The van der Waals surface area contributed by atoms with E-state index in [2.05, 4.69) is 10.4 Å². The van der Waals surface area contributed by atoms with Gasteiger partial charge in [-0.25, -0.2) is 0 Å². The molecule has 0 bridgehead atoms. The molecule has 6 nitrogen and oxygen atoms in total. The van der Waals surface area contributed by atoms with E-state index in [4.69, 9.17) is 0 Å². The number of rotatable bonds is 4. The first kappa shape index (κ1) is 11.1. The highest BCUT2D eigenvalue weighted by Gasteiger charge is 2.10. The number of nitrogens with zero attached hydrogens (tertiary/aromatic N) is 3. The number of nitro benzene ring substituents is 1. The molecule has 1 aromatic heterocycles. The summed E-state index contributed by atoms with van der Waals surface area (Å²) in [7, 11) is 1.79. The number of anilines is 1. The molecule has 2 rings (SSSR count). The van der Waals surface area contributed by atoms with Gasteiger partial charge in [0.05, 0.1) is 11.5 Å². The molecule has 0 aliphatic heterocycles. The first-order valence-corrected chi connectivity index (χ1v) is 5.13. The molecule has 0 radical (unpaired) electrons. The van der Waals surface area contributed by atoms with E-state index in [0.717, 1.165) is 11.3 Å². The lowest BCUT2D eigenvalue weighted by Crippen LogP contribution is -2.04. The summed E-state index contributed by atoms with van der Waals surface area (Å²) in [5, 5.41) is 17.8. The summed E-state index contributed by atoms with van der Waals surface area (Å²) in [6.07, 6.45) is 3.49. The Hall–Kier alpha value is -2.37. The first-order chi connectivity index (χ1) is 8.20. The summed E-state index contributed by atoms with van der Waals surface area (Å²) in [6, 6.07) is 6.57. The van der Waals surface area contributed by atoms with Crippen molar-refractivity contribution in [3.63, 3.8) is 0 Å². The minimum Gasteiger partial charge on any atom is -0.388 e. The minimum absolute atomic E-state index is 0.0890. The van der Waals surface area contributed by atoms with Crippen molar-refractivity contribution in [2.75, 3.05) is 12.4 Å². The van der Waals surface area contributed by atoms with Crippen molar-refractivity contribution in [1.29, 1.82) is 0 Å². The average molecular weight is 232 g/mol. The van der Waals surface area contributed by atoms with Gasteiger partial charge in [-0.3, -0.25) is 14.8 Å². The predicted octanol–water partition coefficient (Wildman–Crippen LogP) is 1.88. The molecule has 2 aromatic rings. The molecule has 0 spiro atoms. The van der Waals surface area contributed by atoms with Gasteiger partial charge in [0, 0.05) is 42.8 Å². The minimum atomic E-state index is -0.397. The fraction of sp³-hybridized carbons (Fsp3) is 0.182. The van der Waals surface area contributed by atoms with E-state index in [-0.39, 0.29) is 5.69 Å². The van der Waals surface area contributed by atoms with Crippen LogP contribution in [0.25, 0.3) is 0 Å². The smallest absolute Gasteiger partial charge is 0.269 e.